The Morgan fingerprint density at radius 1 is 1.31 bits per heavy atom. The Labute approximate surface area is 99.6 Å². The highest BCUT2D eigenvalue weighted by atomic mass is 16.2. The lowest BCUT2D eigenvalue weighted by atomic mass is 10.0. The largest absolute Gasteiger partial charge is 0.355 e. The summed E-state index contributed by atoms with van der Waals surface area (Å²) >= 11 is 0. The van der Waals surface area contributed by atoms with Gasteiger partial charge in [-0.05, 0) is 45.8 Å². The van der Waals surface area contributed by atoms with Crippen LogP contribution in [0, 0.1) is 5.92 Å². The summed E-state index contributed by atoms with van der Waals surface area (Å²) in [6.45, 7) is 5.95. The van der Waals surface area contributed by atoms with Crippen LogP contribution < -0.4 is 11.1 Å². The number of rotatable bonds is 8. The van der Waals surface area contributed by atoms with Gasteiger partial charge in [0.25, 0.3) is 0 Å². The fraction of sp³-hybridized carbons (Fsp3) is 0.917. The van der Waals surface area contributed by atoms with E-state index in [0.29, 0.717) is 5.92 Å². The number of nitrogens with two attached hydrogens (primary N) is 1. The maximum atomic E-state index is 11.5. The Morgan fingerprint density at radius 2 is 1.94 bits per heavy atom. The van der Waals surface area contributed by atoms with Crippen LogP contribution in [-0.2, 0) is 4.79 Å². The molecule has 0 aliphatic heterocycles. The maximum absolute atomic E-state index is 11.5. The molecule has 0 spiro atoms. The van der Waals surface area contributed by atoms with E-state index in [1.165, 1.54) is 0 Å². The number of carbonyl (C=O) groups excluding carboxylic acids is 1. The third kappa shape index (κ3) is 8.68. The zero-order chi connectivity index (χ0) is 12.6. The van der Waals surface area contributed by atoms with E-state index in [1.807, 2.05) is 0 Å². The van der Waals surface area contributed by atoms with E-state index in [0.717, 1.165) is 32.4 Å². The first-order chi connectivity index (χ1) is 7.43. The predicted molar refractivity (Wildman–Crippen MR) is 68.2 cm³/mol. The molecular weight excluding hydrogens is 202 g/mol. The zero-order valence-corrected chi connectivity index (χ0v) is 11.1. The summed E-state index contributed by atoms with van der Waals surface area (Å²) in [6, 6.07) is -0.353. The van der Waals surface area contributed by atoms with Crippen LogP contribution in [0.15, 0.2) is 0 Å². The maximum Gasteiger partial charge on any atom is 0.236 e. The van der Waals surface area contributed by atoms with Crippen LogP contribution in [0.2, 0.25) is 0 Å². The summed E-state index contributed by atoms with van der Waals surface area (Å²) < 4.78 is 0. The second kappa shape index (κ2) is 8.53. The van der Waals surface area contributed by atoms with Gasteiger partial charge in [-0.15, -0.1) is 0 Å². The van der Waals surface area contributed by atoms with Crippen LogP contribution >= 0.6 is 0 Å². The average Bonchev–Trinajstić information content (AvgIpc) is 2.15. The SMILES string of the molecule is CC(C)C[C@H](N)C(=O)NCCCCN(C)C. The van der Waals surface area contributed by atoms with Gasteiger partial charge in [-0.25, -0.2) is 0 Å². The highest BCUT2D eigenvalue weighted by Crippen LogP contribution is 2.02. The third-order valence-electron chi connectivity index (χ3n) is 2.39. The Kier molecular flexibility index (Phi) is 8.21. The molecule has 0 aromatic carbocycles. The van der Waals surface area contributed by atoms with Crippen molar-refractivity contribution >= 4 is 5.91 Å². The van der Waals surface area contributed by atoms with Crippen molar-refractivity contribution in [1.82, 2.24) is 10.2 Å². The fourth-order valence-electron chi connectivity index (χ4n) is 1.51. The molecule has 0 radical (unpaired) electrons. The molecule has 1 amide bonds. The molecule has 0 bridgehead atoms. The van der Waals surface area contributed by atoms with Gasteiger partial charge >= 0.3 is 0 Å². The topological polar surface area (TPSA) is 58.4 Å². The van der Waals surface area contributed by atoms with Crippen molar-refractivity contribution in [2.24, 2.45) is 11.7 Å². The van der Waals surface area contributed by atoms with Crippen molar-refractivity contribution in [3.05, 3.63) is 0 Å². The Hall–Kier alpha value is -0.610. The van der Waals surface area contributed by atoms with Crippen LogP contribution in [-0.4, -0.2) is 44.0 Å². The van der Waals surface area contributed by atoms with Crippen LogP contribution in [0.3, 0.4) is 0 Å². The van der Waals surface area contributed by atoms with Gasteiger partial charge in [-0.2, -0.15) is 0 Å². The van der Waals surface area contributed by atoms with Gasteiger partial charge in [0.1, 0.15) is 0 Å². The molecule has 0 heterocycles. The molecule has 0 unspecified atom stereocenters. The average molecular weight is 229 g/mol. The molecule has 4 nitrogen and oxygen atoms in total. The van der Waals surface area contributed by atoms with Crippen molar-refractivity contribution in [3.8, 4) is 0 Å². The van der Waals surface area contributed by atoms with Gasteiger partial charge in [0.05, 0.1) is 6.04 Å². The van der Waals surface area contributed by atoms with Gasteiger partial charge < -0.3 is 16.0 Å². The van der Waals surface area contributed by atoms with Crippen molar-refractivity contribution in [2.75, 3.05) is 27.2 Å². The van der Waals surface area contributed by atoms with Crippen molar-refractivity contribution in [1.29, 1.82) is 0 Å². The van der Waals surface area contributed by atoms with Crippen LogP contribution in [0.5, 0.6) is 0 Å². The fourth-order valence-corrected chi connectivity index (χ4v) is 1.51. The second-order valence-electron chi connectivity index (χ2n) is 5.04. The van der Waals surface area contributed by atoms with Crippen molar-refractivity contribution in [3.63, 3.8) is 0 Å². The van der Waals surface area contributed by atoms with Gasteiger partial charge in [0.2, 0.25) is 5.91 Å². The van der Waals surface area contributed by atoms with Gasteiger partial charge in [0, 0.05) is 6.54 Å². The number of hydrogen-bond acceptors (Lipinski definition) is 3. The first-order valence-corrected chi connectivity index (χ1v) is 6.11. The van der Waals surface area contributed by atoms with E-state index < -0.39 is 0 Å². The summed E-state index contributed by atoms with van der Waals surface area (Å²) in [5.41, 5.74) is 5.76. The van der Waals surface area contributed by atoms with Gasteiger partial charge in [0.15, 0.2) is 0 Å². The summed E-state index contributed by atoms with van der Waals surface area (Å²) in [7, 11) is 4.11. The summed E-state index contributed by atoms with van der Waals surface area (Å²) in [5.74, 6) is 0.452. The van der Waals surface area contributed by atoms with E-state index in [2.05, 4.69) is 38.2 Å². The third-order valence-corrected chi connectivity index (χ3v) is 2.39. The molecule has 16 heavy (non-hydrogen) atoms. The number of nitrogens with one attached hydrogen (secondary N) is 1. The molecule has 0 rings (SSSR count). The van der Waals surface area contributed by atoms with Crippen molar-refractivity contribution < 1.29 is 4.79 Å². The van der Waals surface area contributed by atoms with Gasteiger partial charge in [-0.1, -0.05) is 13.8 Å². The first kappa shape index (κ1) is 15.4. The monoisotopic (exact) mass is 229 g/mol. The van der Waals surface area contributed by atoms with E-state index >= 15 is 0 Å². The zero-order valence-electron chi connectivity index (χ0n) is 11.1. The quantitative estimate of drug-likeness (QED) is 0.606. The highest BCUT2D eigenvalue weighted by molar-refractivity contribution is 5.81. The number of nitrogens with zero attached hydrogens (tertiary/aromatic N) is 1. The lowest BCUT2D eigenvalue weighted by Crippen LogP contribution is -2.41. The lowest BCUT2D eigenvalue weighted by molar-refractivity contribution is -0.122. The van der Waals surface area contributed by atoms with E-state index in [9.17, 15) is 4.79 Å². The summed E-state index contributed by atoms with van der Waals surface area (Å²) in [6.07, 6.45) is 2.87. The highest BCUT2D eigenvalue weighted by Gasteiger charge is 2.13. The molecule has 0 aliphatic carbocycles. The Bertz CT molecular complexity index is 193. The van der Waals surface area contributed by atoms with Crippen molar-refractivity contribution in [2.45, 2.75) is 39.2 Å². The minimum absolute atomic E-state index is 0.0152. The molecule has 0 saturated heterocycles. The summed E-state index contributed by atoms with van der Waals surface area (Å²) in [4.78, 5) is 13.7. The lowest BCUT2D eigenvalue weighted by Gasteiger charge is -2.14. The van der Waals surface area contributed by atoms with Crippen LogP contribution in [0.1, 0.15) is 33.1 Å². The number of hydrogen-bond donors (Lipinski definition) is 2. The Morgan fingerprint density at radius 3 is 2.44 bits per heavy atom. The predicted octanol–water partition coefficient (Wildman–Crippen LogP) is 0.818. The number of carbonyl (C=O) groups is 1. The van der Waals surface area contributed by atoms with Crippen LogP contribution in [0.4, 0.5) is 0 Å². The van der Waals surface area contributed by atoms with Gasteiger partial charge in [-0.3, -0.25) is 4.79 Å². The first-order valence-electron chi connectivity index (χ1n) is 6.11. The van der Waals surface area contributed by atoms with E-state index in [1.54, 1.807) is 0 Å². The number of unbranched alkanes of at least 4 members (excludes halogenated alkanes) is 1. The molecule has 0 aliphatic rings. The molecular formula is C12H27N3O. The van der Waals surface area contributed by atoms with E-state index in [4.69, 9.17) is 5.73 Å². The number of amides is 1. The molecule has 4 heteroatoms. The molecule has 0 fully saturated rings. The Balaban J connectivity index is 3.50. The minimum atomic E-state index is -0.353. The normalized spacial score (nSPS) is 13.2. The molecule has 96 valence electrons. The van der Waals surface area contributed by atoms with Crippen LogP contribution in [0.25, 0.3) is 0 Å². The molecule has 0 aromatic heterocycles. The van der Waals surface area contributed by atoms with E-state index in [-0.39, 0.29) is 11.9 Å². The molecule has 0 aromatic rings. The summed E-state index contributed by atoms with van der Waals surface area (Å²) in [5, 5.41) is 2.88. The second-order valence-corrected chi connectivity index (χ2v) is 5.04. The standard InChI is InChI=1S/C12H27N3O/c1-10(2)9-11(13)12(16)14-7-5-6-8-15(3)4/h10-11H,5-9,13H2,1-4H3,(H,14,16)/t11-/m0/s1. The minimum Gasteiger partial charge on any atom is -0.355 e. The molecule has 0 saturated carbocycles. The molecule has 1 atom stereocenters. The molecule has 3 N–H and O–H groups in total. The smallest absolute Gasteiger partial charge is 0.236 e.